The van der Waals surface area contributed by atoms with Gasteiger partial charge in [-0.3, -0.25) is 9.80 Å². The topological polar surface area (TPSA) is 74.9 Å². The van der Waals surface area contributed by atoms with E-state index in [0.29, 0.717) is 47.5 Å². The molecule has 0 aromatic heterocycles. The second kappa shape index (κ2) is 6.52. The van der Waals surface area contributed by atoms with Crippen LogP contribution in [0.2, 0.25) is 0 Å². The molecule has 3 heterocycles. The van der Waals surface area contributed by atoms with Crippen LogP contribution >= 0.6 is 0 Å². The Bertz CT molecular complexity index is 948. The molecule has 7 nitrogen and oxygen atoms in total. The van der Waals surface area contributed by atoms with E-state index < -0.39 is 6.43 Å². The third-order valence-electron chi connectivity index (χ3n) is 4.91. The molecule has 0 spiro atoms. The Kier molecular flexibility index (Phi) is 3.97. The summed E-state index contributed by atoms with van der Waals surface area (Å²) < 4.78 is 38.0. The molecule has 1 fully saturated rings. The number of fused-ring (bicyclic) bond motifs is 2. The summed E-state index contributed by atoms with van der Waals surface area (Å²) in [7, 11) is 0. The molecule has 0 atom stereocenters. The number of nitrogens with one attached hydrogen (secondary N) is 3. The lowest BCUT2D eigenvalue weighted by atomic mass is 10.2. The van der Waals surface area contributed by atoms with Crippen LogP contribution in [-0.2, 0) is 4.79 Å². The smallest absolute Gasteiger partial charge is 0.280 e. The van der Waals surface area contributed by atoms with Crippen LogP contribution in [0, 0.1) is 0 Å². The van der Waals surface area contributed by atoms with Gasteiger partial charge in [0.05, 0.1) is 5.57 Å². The van der Waals surface area contributed by atoms with E-state index in [9.17, 15) is 13.6 Å². The number of amides is 1. The third-order valence-corrected chi connectivity index (χ3v) is 4.91. The van der Waals surface area contributed by atoms with Gasteiger partial charge in [0.1, 0.15) is 24.7 Å². The van der Waals surface area contributed by atoms with Gasteiger partial charge in [-0.1, -0.05) is 0 Å². The lowest BCUT2D eigenvalue weighted by Gasteiger charge is -2.30. The van der Waals surface area contributed by atoms with Crippen LogP contribution in [0.4, 0.5) is 14.5 Å². The molecule has 4 aliphatic rings. The predicted molar refractivity (Wildman–Crippen MR) is 96.4 cm³/mol. The Labute approximate surface area is 159 Å². The molecule has 1 aromatic carbocycles. The minimum Gasteiger partial charge on any atom is -0.486 e. The maximum Gasteiger partial charge on any atom is 0.280 e. The lowest BCUT2D eigenvalue weighted by Crippen LogP contribution is -2.41. The van der Waals surface area contributed by atoms with E-state index in [-0.39, 0.29) is 18.1 Å². The minimum atomic E-state index is -2.65. The molecule has 1 amide bonds. The van der Waals surface area contributed by atoms with Crippen molar-refractivity contribution in [2.75, 3.05) is 25.1 Å². The molecular formula is C19H18F2N4O3. The quantitative estimate of drug-likeness (QED) is 0.738. The molecule has 146 valence electrons. The van der Waals surface area contributed by atoms with Crippen LogP contribution in [0.5, 0.6) is 11.5 Å². The number of nitrogens with zero attached hydrogens (tertiary/aromatic N) is 1. The van der Waals surface area contributed by atoms with Gasteiger partial charge < -0.3 is 20.1 Å². The number of halogens is 2. The summed E-state index contributed by atoms with van der Waals surface area (Å²) in [6, 6.07) is 5.13. The molecule has 1 aromatic rings. The highest BCUT2D eigenvalue weighted by molar-refractivity contribution is 6.05. The number of carbonyl (C=O) groups is 1. The highest BCUT2D eigenvalue weighted by atomic mass is 19.3. The first kappa shape index (κ1) is 17.1. The molecule has 28 heavy (non-hydrogen) atoms. The zero-order valence-electron chi connectivity index (χ0n) is 14.9. The zero-order valence-corrected chi connectivity index (χ0v) is 14.9. The Balaban J connectivity index is 1.42. The van der Waals surface area contributed by atoms with Gasteiger partial charge in [-0.05, 0) is 36.6 Å². The summed E-state index contributed by atoms with van der Waals surface area (Å²) in [5, 5.41) is 7.20. The molecule has 0 unspecified atom stereocenters. The van der Waals surface area contributed by atoms with Crippen molar-refractivity contribution in [1.82, 2.24) is 15.8 Å². The maximum absolute atomic E-state index is 13.5. The molecule has 0 saturated heterocycles. The van der Waals surface area contributed by atoms with Crippen LogP contribution in [-0.4, -0.2) is 37.1 Å². The second-order valence-electron chi connectivity index (χ2n) is 6.82. The van der Waals surface area contributed by atoms with Crippen LogP contribution in [0.25, 0.3) is 0 Å². The summed E-state index contributed by atoms with van der Waals surface area (Å²) in [5.41, 5.74) is 5.35. The molecule has 1 aliphatic carbocycles. The van der Waals surface area contributed by atoms with E-state index in [0.717, 1.165) is 18.4 Å². The molecule has 3 N–H and O–H groups in total. The Hall–Kier alpha value is -3.07. The molecule has 3 aliphatic heterocycles. The largest absolute Gasteiger partial charge is 0.486 e. The summed E-state index contributed by atoms with van der Waals surface area (Å²) >= 11 is 0. The first-order valence-electron chi connectivity index (χ1n) is 9.07. The first-order valence-corrected chi connectivity index (χ1v) is 9.07. The average molecular weight is 388 g/mol. The van der Waals surface area contributed by atoms with Gasteiger partial charge in [-0.15, -0.1) is 0 Å². The highest BCUT2D eigenvalue weighted by Crippen LogP contribution is 2.37. The van der Waals surface area contributed by atoms with E-state index in [1.54, 1.807) is 18.2 Å². The van der Waals surface area contributed by atoms with Gasteiger partial charge in [0.25, 0.3) is 12.3 Å². The van der Waals surface area contributed by atoms with Gasteiger partial charge in [0.15, 0.2) is 11.5 Å². The SMILES string of the molecule is O=C(Nc1ccc2c(c1)OCCO2)C1=C2NC(=C3CC3)C=C(C(F)F)N2NC1. The minimum absolute atomic E-state index is 0.144. The Morgan fingerprint density at radius 3 is 2.71 bits per heavy atom. The van der Waals surface area contributed by atoms with E-state index in [1.165, 1.54) is 11.1 Å². The number of alkyl halides is 2. The fourth-order valence-corrected chi connectivity index (χ4v) is 3.38. The van der Waals surface area contributed by atoms with Gasteiger partial charge in [0.2, 0.25) is 0 Å². The van der Waals surface area contributed by atoms with Crippen molar-refractivity contribution in [3.05, 3.63) is 52.6 Å². The first-order chi connectivity index (χ1) is 13.6. The molecule has 0 radical (unpaired) electrons. The molecule has 1 saturated carbocycles. The van der Waals surface area contributed by atoms with Crippen molar-refractivity contribution in [2.24, 2.45) is 0 Å². The van der Waals surface area contributed by atoms with Crippen LogP contribution < -0.4 is 25.5 Å². The molecule has 9 heteroatoms. The van der Waals surface area contributed by atoms with Gasteiger partial charge in [-0.2, -0.15) is 0 Å². The summed E-state index contributed by atoms with van der Waals surface area (Å²) in [6.45, 7) is 1.08. The van der Waals surface area contributed by atoms with Gasteiger partial charge in [-0.25, -0.2) is 14.2 Å². The van der Waals surface area contributed by atoms with Gasteiger partial charge >= 0.3 is 0 Å². The summed E-state index contributed by atoms with van der Waals surface area (Å²) in [5.74, 6) is 1.17. The van der Waals surface area contributed by atoms with Crippen molar-refractivity contribution >= 4 is 11.6 Å². The second-order valence-corrected chi connectivity index (χ2v) is 6.82. The fraction of sp³-hybridized carbons (Fsp3) is 0.316. The third kappa shape index (κ3) is 2.97. The number of allylic oxidation sites excluding steroid dienone is 3. The Morgan fingerprint density at radius 1 is 1.18 bits per heavy atom. The summed E-state index contributed by atoms with van der Waals surface area (Å²) in [6.07, 6.45) is 0.563. The Morgan fingerprint density at radius 2 is 1.96 bits per heavy atom. The van der Waals surface area contributed by atoms with Gasteiger partial charge in [0, 0.05) is 24.0 Å². The number of anilines is 1. The van der Waals surface area contributed by atoms with Crippen molar-refractivity contribution in [3.63, 3.8) is 0 Å². The van der Waals surface area contributed by atoms with E-state index >= 15 is 0 Å². The predicted octanol–water partition coefficient (Wildman–Crippen LogP) is 2.23. The monoisotopic (exact) mass is 388 g/mol. The molecule has 5 rings (SSSR count). The summed E-state index contributed by atoms with van der Waals surface area (Å²) in [4.78, 5) is 12.8. The van der Waals surface area contributed by atoms with Crippen molar-refractivity contribution in [2.45, 2.75) is 19.3 Å². The van der Waals surface area contributed by atoms with Crippen LogP contribution in [0.15, 0.2) is 52.6 Å². The van der Waals surface area contributed by atoms with E-state index in [1.807, 2.05) is 0 Å². The number of hydrazine groups is 1. The number of benzene rings is 1. The molecular weight excluding hydrogens is 370 g/mol. The number of hydrogen-bond acceptors (Lipinski definition) is 6. The molecule has 0 bridgehead atoms. The normalized spacial score (nSPS) is 20.1. The van der Waals surface area contributed by atoms with Crippen LogP contribution in [0.3, 0.4) is 0 Å². The number of carbonyl (C=O) groups excluding carboxylic acids is 1. The number of rotatable bonds is 3. The average Bonchev–Trinajstić information content (AvgIpc) is 3.46. The highest BCUT2D eigenvalue weighted by Gasteiger charge is 2.37. The zero-order chi connectivity index (χ0) is 19.3. The lowest BCUT2D eigenvalue weighted by molar-refractivity contribution is -0.112. The number of hydrogen-bond donors (Lipinski definition) is 3. The van der Waals surface area contributed by atoms with Crippen LogP contribution in [0.1, 0.15) is 12.8 Å². The number of ether oxygens (including phenoxy) is 2. The van der Waals surface area contributed by atoms with E-state index in [4.69, 9.17) is 9.47 Å². The van der Waals surface area contributed by atoms with Crippen molar-refractivity contribution in [1.29, 1.82) is 0 Å². The fourth-order valence-electron chi connectivity index (χ4n) is 3.38. The maximum atomic E-state index is 13.5. The van der Waals surface area contributed by atoms with Crippen molar-refractivity contribution < 1.29 is 23.0 Å². The van der Waals surface area contributed by atoms with E-state index in [2.05, 4.69) is 16.1 Å². The van der Waals surface area contributed by atoms with Crippen molar-refractivity contribution in [3.8, 4) is 11.5 Å². The standard InChI is InChI=1S/C19H18F2N4O3/c20-17(21)14-8-13(10-1-2-10)24-18-12(9-22-25(14)18)19(26)23-11-3-4-15-16(7-11)28-6-5-27-15/h3-4,7-8,17,22,24H,1-2,5-6,9H2,(H,23,26).